The van der Waals surface area contributed by atoms with Crippen LogP contribution in [-0.2, 0) is 19.7 Å². The molecule has 1 aromatic heterocycles. The molecule has 2 N–H and O–H groups in total. The van der Waals surface area contributed by atoms with Crippen molar-refractivity contribution in [2.45, 2.75) is 25.8 Å². The van der Waals surface area contributed by atoms with E-state index in [-0.39, 0.29) is 25.0 Å². The number of esters is 1. The van der Waals surface area contributed by atoms with Crippen LogP contribution in [-0.4, -0.2) is 54.1 Å². The molecule has 2 rings (SSSR count). The van der Waals surface area contributed by atoms with Crippen LogP contribution in [0.4, 0.5) is 0 Å². The molecule has 2 heterocycles. The average molecular weight is 317 g/mol. The molecule has 1 fully saturated rings. The third-order valence-electron chi connectivity index (χ3n) is 3.50. The standard InChI is InChI=1S/C11H19N5O4S/c1-8(10-12-7-13-14-10)15-21(18,19)16-5-3-9(4-6-16)11(17)20-2/h7-9,15H,3-6H2,1-2H3,(H,12,13,14). The quantitative estimate of drug-likeness (QED) is 0.713. The Morgan fingerprint density at radius 1 is 1.52 bits per heavy atom. The maximum Gasteiger partial charge on any atom is 0.308 e. The summed E-state index contributed by atoms with van der Waals surface area (Å²) in [5, 5.41) is 6.31. The summed E-state index contributed by atoms with van der Waals surface area (Å²) in [5.74, 6) is -0.0637. The van der Waals surface area contributed by atoms with Gasteiger partial charge in [-0.2, -0.15) is 22.5 Å². The molecule has 9 nitrogen and oxygen atoms in total. The number of hydrogen-bond donors (Lipinski definition) is 2. The van der Waals surface area contributed by atoms with Crippen LogP contribution >= 0.6 is 0 Å². The fourth-order valence-electron chi connectivity index (χ4n) is 2.28. The van der Waals surface area contributed by atoms with E-state index in [1.54, 1.807) is 6.92 Å². The summed E-state index contributed by atoms with van der Waals surface area (Å²) in [4.78, 5) is 15.3. The molecule has 1 aliphatic heterocycles. The topological polar surface area (TPSA) is 117 Å². The normalized spacial score (nSPS) is 19.3. The third kappa shape index (κ3) is 3.77. The summed E-state index contributed by atoms with van der Waals surface area (Å²) in [7, 11) is -2.28. The van der Waals surface area contributed by atoms with Crippen molar-refractivity contribution in [2.75, 3.05) is 20.2 Å². The van der Waals surface area contributed by atoms with Gasteiger partial charge < -0.3 is 4.74 Å². The molecule has 0 spiro atoms. The molecule has 0 saturated carbocycles. The molecule has 0 aliphatic carbocycles. The van der Waals surface area contributed by atoms with E-state index in [9.17, 15) is 13.2 Å². The Balaban J connectivity index is 1.94. The summed E-state index contributed by atoms with van der Waals surface area (Å²) < 4.78 is 33.1. The molecule has 1 unspecified atom stereocenters. The molecule has 0 amide bonds. The fourth-order valence-corrected chi connectivity index (χ4v) is 3.67. The molecule has 1 aliphatic rings. The van der Waals surface area contributed by atoms with Crippen LogP contribution in [0.2, 0.25) is 0 Å². The number of aromatic nitrogens is 3. The van der Waals surface area contributed by atoms with Crippen LogP contribution in [0, 0.1) is 5.92 Å². The molecule has 0 bridgehead atoms. The lowest BCUT2D eigenvalue weighted by Gasteiger charge is -2.30. The van der Waals surface area contributed by atoms with E-state index in [1.807, 2.05) is 0 Å². The summed E-state index contributed by atoms with van der Waals surface area (Å²) in [6.07, 6.45) is 2.25. The zero-order valence-electron chi connectivity index (χ0n) is 11.9. The predicted octanol–water partition coefficient (Wildman–Crippen LogP) is -0.415. The number of rotatable bonds is 5. The van der Waals surface area contributed by atoms with Gasteiger partial charge in [-0.1, -0.05) is 0 Å². The second kappa shape index (κ2) is 6.50. The van der Waals surface area contributed by atoms with Gasteiger partial charge in [0.05, 0.1) is 19.1 Å². The highest BCUT2D eigenvalue weighted by molar-refractivity contribution is 7.87. The smallest absolute Gasteiger partial charge is 0.308 e. The van der Waals surface area contributed by atoms with E-state index >= 15 is 0 Å². The molecular formula is C11H19N5O4S. The SMILES string of the molecule is COC(=O)C1CCN(S(=O)(=O)NC(C)c2ncn[nH]2)CC1. The van der Waals surface area contributed by atoms with Crippen molar-refractivity contribution in [3.05, 3.63) is 12.2 Å². The predicted molar refractivity (Wildman–Crippen MR) is 73.2 cm³/mol. The van der Waals surface area contributed by atoms with E-state index in [2.05, 4.69) is 24.6 Å². The van der Waals surface area contributed by atoms with Crippen molar-refractivity contribution in [2.24, 2.45) is 5.92 Å². The molecule has 0 radical (unpaired) electrons. The summed E-state index contributed by atoms with van der Waals surface area (Å²) in [6, 6.07) is -0.504. The number of hydrogen-bond acceptors (Lipinski definition) is 6. The zero-order chi connectivity index (χ0) is 15.5. The van der Waals surface area contributed by atoms with Gasteiger partial charge in [0, 0.05) is 13.1 Å². The number of ether oxygens (including phenoxy) is 1. The Hall–Kier alpha value is -1.52. The molecule has 118 valence electrons. The Morgan fingerprint density at radius 3 is 2.71 bits per heavy atom. The first kappa shape index (κ1) is 15.9. The summed E-state index contributed by atoms with van der Waals surface area (Å²) >= 11 is 0. The Kier molecular flexibility index (Phi) is 4.91. The number of piperidine rings is 1. The maximum absolute atomic E-state index is 12.3. The largest absolute Gasteiger partial charge is 0.469 e. The van der Waals surface area contributed by atoms with Gasteiger partial charge in [0.25, 0.3) is 10.2 Å². The highest BCUT2D eigenvalue weighted by atomic mass is 32.2. The lowest BCUT2D eigenvalue weighted by molar-refractivity contribution is -0.146. The van der Waals surface area contributed by atoms with Gasteiger partial charge in [0.2, 0.25) is 0 Å². The summed E-state index contributed by atoms with van der Waals surface area (Å²) in [6.45, 7) is 2.26. The van der Waals surface area contributed by atoms with Crippen molar-refractivity contribution in [1.82, 2.24) is 24.2 Å². The van der Waals surface area contributed by atoms with Crippen LogP contribution in [0.25, 0.3) is 0 Å². The van der Waals surface area contributed by atoms with E-state index in [1.165, 1.54) is 17.7 Å². The maximum atomic E-state index is 12.3. The number of carbonyl (C=O) groups is 1. The molecule has 1 saturated heterocycles. The average Bonchev–Trinajstić information content (AvgIpc) is 3.00. The van der Waals surface area contributed by atoms with Crippen molar-refractivity contribution < 1.29 is 17.9 Å². The number of carbonyl (C=O) groups excluding carboxylic acids is 1. The molecule has 1 aromatic rings. The van der Waals surface area contributed by atoms with Crippen molar-refractivity contribution in [3.8, 4) is 0 Å². The number of H-pyrrole nitrogens is 1. The molecule has 1 atom stereocenters. The van der Waals surface area contributed by atoms with E-state index in [0.29, 0.717) is 18.7 Å². The highest BCUT2D eigenvalue weighted by Gasteiger charge is 2.32. The molecule has 21 heavy (non-hydrogen) atoms. The van der Waals surface area contributed by atoms with Crippen molar-refractivity contribution in [1.29, 1.82) is 0 Å². The number of nitrogens with zero attached hydrogens (tertiary/aromatic N) is 3. The number of nitrogens with one attached hydrogen (secondary N) is 2. The summed E-state index contributed by atoms with van der Waals surface area (Å²) in [5.41, 5.74) is 0. The van der Waals surface area contributed by atoms with Gasteiger partial charge in [0.15, 0.2) is 0 Å². The van der Waals surface area contributed by atoms with E-state index in [4.69, 9.17) is 0 Å². The first-order valence-corrected chi connectivity index (χ1v) is 8.08. The van der Waals surface area contributed by atoms with Crippen LogP contribution in [0.1, 0.15) is 31.6 Å². The van der Waals surface area contributed by atoms with Crippen molar-refractivity contribution >= 4 is 16.2 Å². The minimum Gasteiger partial charge on any atom is -0.469 e. The number of aromatic amines is 1. The minimum atomic E-state index is -3.62. The van der Waals surface area contributed by atoms with Gasteiger partial charge in [-0.15, -0.1) is 0 Å². The zero-order valence-corrected chi connectivity index (χ0v) is 12.8. The van der Waals surface area contributed by atoms with Crippen LogP contribution in [0.15, 0.2) is 6.33 Å². The molecular weight excluding hydrogens is 298 g/mol. The highest BCUT2D eigenvalue weighted by Crippen LogP contribution is 2.21. The van der Waals surface area contributed by atoms with Gasteiger partial charge in [-0.3, -0.25) is 9.89 Å². The van der Waals surface area contributed by atoms with Crippen LogP contribution in [0.3, 0.4) is 0 Å². The fraction of sp³-hybridized carbons (Fsp3) is 0.727. The first-order valence-electron chi connectivity index (χ1n) is 6.64. The lowest BCUT2D eigenvalue weighted by atomic mass is 9.99. The van der Waals surface area contributed by atoms with Crippen LogP contribution in [0.5, 0.6) is 0 Å². The Morgan fingerprint density at radius 2 is 2.19 bits per heavy atom. The van der Waals surface area contributed by atoms with Gasteiger partial charge in [0.1, 0.15) is 12.2 Å². The Bertz CT molecular complexity index is 565. The van der Waals surface area contributed by atoms with Crippen molar-refractivity contribution in [3.63, 3.8) is 0 Å². The second-order valence-electron chi connectivity index (χ2n) is 4.91. The van der Waals surface area contributed by atoms with Gasteiger partial charge in [-0.05, 0) is 19.8 Å². The minimum absolute atomic E-state index is 0.229. The third-order valence-corrected chi connectivity index (χ3v) is 5.19. The van der Waals surface area contributed by atoms with Gasteiger partial charge >= 0.3 is 5.97 Å². The number of methoxy groups -OCH3 is 1. The van der Waals surface area contributed by atoms with Crippen LogP contribution < -0.4 is 4.72 Å². The lowest BCUT2D eigenvalue weighted by Crippen LogP contribution is -2.46. The van der Waals surface area contributed by atoms with Gasteiger partial charge in [-0.25, -0.2) is 4.98 Å². The monoisotopic (exact) mass is 317 g/mol. The molecule has 0 aromatic carbocycles. The first-order chi connectivity index (χ1) is 9.94. The van der Waals surface area contributed by atoms with E-state index < -0.39 is 16.3 Å². The second-order valence-corrected chi connectivity index (χ2v) is 6.61. The van der Waals surface area contributed by atoms with E-state index in [0.717, 1.165) is 0 Å². The Labute approximate surface area is 123 Å². The molecule has 10 heteroatoms.